The summed E-state index contributed by atoms with van der Waals surface area (Å²) in [6, 6.07) is 22.7. The maximum absolute atomic E-state index is 13.0. The van der Waals surface area contributed by atoms with Gasteiger partial charge in [-0.15, -0.1) is 0 Å². The van der Waals surface area contributed by atoms with Gasteiger partial charge in [-0.2, -0.15) is 0 Å². The molecule has 0 atom stereocenters. The summed E-state index contributed by atoms with van der Waals surface area (Å²) in [5.41, 5.74) is 9.65. The number of nitrogens with one attached hydrogen (secondary N) is 1. The third kappa shape index (κ3) is 4.18. The molecule has 3 N–H and O–H groups in total. The molecule has 0 saturated carbocycles. The second kappa shape index (κ2) is 8.31. The molecule has 1 aromatic heterocycles. The average Bonchev–Trinajstić information content (AvgIpc) is 3.30. The van der Waals surface area contributed by atoms with Crippen molar-refractivity contribution in [3.63, 3.8) is 0 Å². The highest BCUT2D eigenvalue weighted by Gasteiger charge is 2.17. The van der Waals surface area contributed by atoms with Gasteiger partial charge in [-0.05, 0) is 65.7 Å². The van der Waals surface area contributed by atoms with E-state index in [1.165, 1.54) is 0 Å². The van der Waals surface area contributed by atoms with E-state index in [1.807, 2.05) is 23.1 Å². The Morgan fingerprint density at radius 3 is 2.48 bits per heavy atom. The monoisotopic (exact) mass is 478 g/mol. The van der Waals surface area contributed by atoms with E-state index in [9.17, 15) is 8.42 Å². The molecule has 7 nitrogen and oxygen atoms in total. The van der Waals surface area contributed by atoms with Gasteiger partial charge in [0.2, 0.25) is 5.55 Å². The third-order valence-corrected chi connectivity index (χ3v) is 6.95. The molecule has 0 fully saturated rings. The summed E-state index contributed by atoms with van der Waals surface area (Å²) in [7, 11) is -3.78. The molecule has 0 unspecified atom stereocenters. The van der Waals surface area contributed by atoms with Crippen LogP contribution in [-0.2, 0) is 10.0 Å². The van der Waals surface area contributed by atoms with Crippen molar-refractivity contribution in [2.24, 2.45) is 10.7 Å². The molecule has 4 aromatic rings. The number of furan rings is 1. The molecule has 0 bridgehead atoms. The largest absolute Gasteiger partial charge is 0.446 e. The van der Waals surface area contributed by atoms with Gasteiger partial charge in [0.1, 0.15) is 12.5 Å². The lowest BCUT2D eigenvalue weighted by atomic mass is 10.1. The first-order chi connectivity index (χ1) is 15.9. The van der Waals surface area contributed by atoms with Gasteiger partial charge >= 0.3 is 0 Å². The van der Waals surface area contributed by atoms with Gasteiger partial charge in [-0.25, -0.2) is 13.4 Å². The van der Waals surface area contributed by atoms with Crippen LogP contribution in [0.1, 0.15) is 0 Å². The van der Waals surface area contributed by atoms with E-state index < -0.39 is 10.0 Å². The second-order valence-electron chi connectivity index (χ2n) is 7.44. The Kier molecular flexibility index (Phi) is 5.32. The quantitative estimate of drug-likeness (QED) is 0.457. The van der Waals surface area contributed by atoms with E-state index in [4.69, 9.17) is 21.8 Å². The zero-order chi connectivity index (χ0) is 23.0. The SMILES string of the molecule is NC1=c2ccoc2=NCN1c1ccc(NS(=O)(=O)c2cccc(-c3ccc(Cl)cc3)c2)cc1. The number of anilines is 2. The number of rotatable bonds is 5. The zero-order valence-corrected chi connectivity index (χ0v) is 18.8. The molecule has 9 heteroatoms. The summed E-state index contributed by atoms with van der Waals surface area (Å²) in [6.07, 6.45) is 1.55. The number of sulfonamides is 1. The van der Waals surface area contributed by atoms with Crippen molar-refractivity contribution < 1.29 is 12.8 Å². The summed E-state index contributed by atoms with van der Waals surface area (Å²) in [4.78, 5) is 6.35. The predicted octanol–water partition coefficient (Wildman–Crippen LogP) is 3.52. The molecule has 0 radical (unpaired) electrons. The standard InChI is InChI=1S/C24H19ClN4O3S/c25-18-6-4-16(5-7-18)17-2-1-3-21(14-17)33(30,31)28-19-8-10-20(11-9-19)29-15-27-24-22(23(29)26)12-13-32-24/h1-14,28H,15,26H2. The Bertz CT molecular complexity index is 1550. The van der Waals surface area contributed by atoms with Gasteiger partial charge in [-0.3, -0.25) is 4.72 Å². The van der Waals surface area contributed by atoms with Crippen LogP contribution in [0.15, 0.2) is 99.4 Å². The van der Waals surface area contributed by atoms with Crippen molar-refractivity contribution in [3.8, 4) is 11.1 Å². The van der Waals surface area contributed by atoms with Gasteiger partial charge in [0.25, 0.3) is 10.0 Å². The van der Waals surface area contributed by atoms with Crippen LogP contribution in [0.5, 0.6) is 0 Å². The molecule has 0 aliphatic carbocycles. The molecular weight excluding hydrogens is 460 g/mol. The smallest absolute Gasteiger partial charge is 0.261 e. The first-order valence-corrected chi connectivity index (χ1v) is 11.9. The van der Waals surface area contributed by atoms with Crippen LogP contribution in [0.4, 0.5) is 11.4 Å². The fourth-order valence-electron chi connectivity index (χ4n) is 3.60. The lowest BCUT2D eigenvalue weighted by molar-refractivity contribution is 0.500. The van der Waals surface area contributed by atoms with Crippen molar-refractivity contribution in [1.82, 2.24) is 0 Å². The van der Waals surface area contributed by atoms with E-state index in [-0.39, 0.29) is 4.90 Å². The molecule has 0 spiro atoms. The molecule has 5 rings (SSSR count). The van der Waals surface area contributed by atoms with E-state index in [0.29, 0.717) is 28.8 Å². The van der Waals surface area contributed by atoms with E-state index in [1.54, 1.807) is 66.9 Å². The number of nitrogens with two attached hydrogens (primary N) is 1. The summed E-state index contributed by atoms with van der Waals surface area (Å²) in [5.74, 6) is 0.529. The molecule has 166 valence electrons. The lowest BCUT2D eigenvalue weighted by Crippen LogP contribution is -2.42. The summed E-state index contributed by atoms with van der Waals surface area (Å²) in [6.45, 7) is 0.314. The van der Waals surface area contributed by atoms with Crippen molar-refractivity contribution in [3.05, 3.63) is 101 Å². The van der Waals surface area contributed by atoms with Gasteiger partial charge in [0.15, 0.2) is 0 Å². The van der Waals surface area contributed by atoms with Crippen LogP contribution in [0.25, 0.3) is 16.9 Å². The summed E-state index contributed by atoms with van der Waals surface area (Å²) in [5, 5.41) is 1.35. The van der Waals surface area contributed by atoms with Crippen molar-refractivity contribution in [2.45, 2.75) is 4.90 Å². The minimum atomic E-state index is -3.78. The molecule has 0 saturated heterocycles. The van der Waals surface area contributed by atoms with Crippen LogP contribution in [-0.4, -0.2) is 15.1 Å². The Morgan fingerprint density at radius 2 is 1.73 bits per heavy atom. The summed E-state index contributed by atoms with van der Waals surface area (Å²) < 4.78 is 33.9. The Labute approximate surface area is 195 Å². The van der Waals surface area contributed by atoms with Crippen molar-refractivity contribution >= 4 is 38.8 Å². The molecule has 3 aromatic carbocycles. The number of fused-ring (bicyclic) bond motifs is 1. The fraction of sp³-hybridized carbons (Fsp3) is 0.0417. The molecule has 0 amide bonds. The lowest BCUT2D eigenvalue weighted by Gasteiger charge is -2.24. The minimum absolute atomic E-state index is 0.166. The van der Waals surface area contributed by atoms with E-state index >= 15 is 0 Å². The van der Waals surface area contributed by atoms with Gasteiger partial charge in [0, 0.05) is 16.4 Å². The Hall–Kier alpha value is -3.75. The molecular formula is C24H19ClN4O3S. The molecule has 33 heavy (non-hydrogen) atoms. The van der Waals surface area contributed by atoms with E-state index in [0.717, 1.165) is 22.0 Å². The number of nitrogens with zero attached hydrogens (tertiary/aromatic N) is 2. The Morgan fingerprint density at radius 1 is 0.970 bits per heavy atom. The topological polar surface area (TPSA) is 101 Å². The van der Waals surface area contributed by atoms with Crippen LogP contribution < -0.4 is 26.1 Å². The van der Waals surface area contributed by atoms with Crippen LogP contribution >= 0.6 is 11.6 Å². The van der Waals surface area contributed by atoms with Crippen LogP contribution in [0.2, 0.25) is 5.02 Å². The average molecular weight is 479 g/mol. The maximum Gasteiger partial charge on any atom is 0.261 e. The molecule has 1 aliphatic rings. The number of benzene rings is 3. The highest BCUT2D eigenvalue weighted by Crippen LogP contribution is 2.26. The Balaban J connectivity index is 1.37. The molecule has 1 aliphatic heterocycles. The first kappa shape index (κ1) is 21.1. The minimum Gasteiger partial charge on any atom is -0.446 e. The second-order valence-corrected chi connectivity index (χ2v) is 9.56. The number of hydrogen-bond donors (Lipinski definition) is 2. The predicted molar refractivity (Wildman–Crippen MR) is 129 cm³/mol. The van der Waals surface area contributed by atoms with Crippen molar-refractivity contribution in [1.29, 1.82) is 0 Å². The van der Waals surface area contributed by atoms with Crippen LogP contribution in [0, 0.1) is 0 Å². The highest BCUT2D eigenvalue weighted by molar-refractivity contribution is 7.92. The number of hydrogen-bond acceptors (Lipinski definition) is 6. The highest BCUT2D eigenvalue weighted by atomic mass is 35.5. The van der Waals surface area contributed by atoms with Gasteiger partial charge < -0.3 is 15.1 Å². The molecule has 2 heterocycles. The first-order valence-electron chi connectivity index (χ1n) is 10.0. The zero-order valence-electron chi connectivity index (χ0n) is 17.3. The van der Waals surface area contributed by atoms with Gasteiger partial charge in [-0.1, -0.05) is 35.9 Å². The normalized spacial score (nSPS) is 13.4. The van der Waals surface area contributed by atoms with Crippen LogP contribution in [0.3, 0.4) is 0 Å². The number of halogens is 1. The van der Waals surface area contributed by atoms with Crippen molar-refractivity contribution in [2.75, 3.05) is 16.3 Å². The fourth-order valence-corrected chi connectivity index (χ4v) is 4.83. The third-order valence-electron chi connectivity index (χ3n) is 5.32. The van der Waals surface area contributed by atoms with Gasteiger partial charge in [0.05, 0.1) is 16.4 Å². The maximum atomic E-state index is 13.0. The van der Waals surface area contributed by atoms with E-state index in [2.05, 4.69) is 9.71 Å². The summed E-state index contributed by atoms with van der Waals surface area (Å²) >= 11 is 5.95.